The second-order valence-electron chi connectivity index (χ2n) is 4.50. The van der Waals surface area contributed by atoms with Crippen LogP contribution in [0, 0.1) is 5.41 Å². The van der Waals surface area contributed by atoms with Crippen molar-refractivity contribution in [1.82, 2.24) is 14.4 Å². The Kier molecular flexibility index (Phi) is 3.12. The summed E-state index contributed by atoms with van der Waals surface area (Å²) in [5.41, 5.74) is 15.1. The summed E-state index contributed by atoms with van der Waals surface area (Å²) in [5.74, 6) is 0.459. The molecule has 0 spiro atoms. The molecule has 0 aliphatic rings. The van der Waals surface area contributed by atoms with E-state index in [2.05, 4.69) is 9.97 Å². The summed E-state index contributed by atoms with van der Waals surface area (Å²) < 4.78 is 1.91. The third kappa shape index (κ3) is 2.23. The number of hydrogen-bond acceptors (Lipinski definition) is 5. The Bertz CT molecular complexity index is 846. The third-order valence-electron chi connectivity index (χ3n) is 3.21. The summed E-state index contributed by atoms with van der Waals surface area (Å²) in [7, 11) is 0. The number of imidazole rings is 1. The van der Waals surface area contributed by atoms with E-state index in [0.717, 1.165) is 22.6 Å². The zero-order valence-electron chi connectivity index (χ0n) is 11.2. The first-order valence-corrected chi connectivity index (χ1v) is 6.35. The molecular formula is C15H14N6. The molecule has 21 heavy (non-hydrogen) atoms. The van der Waals surface area contributed by atoms with Crippen molar-refractivity contribution < 1.29 is 0 Å². The van der Waals surface area contributed by atoms with Crippen molar-refractivity contribution in [3.05, 3.63) is 54.5 Å². The second-order valence-corrected chi connectivity index (χ2v) is 4.50. The van der Waals surface area contributed by atoms with Crippen molar-refractivity contribution in [1.29, 1.82) is 5.41 Å². The fourth-order valence-electron chi connectivity index (χ4n) is 2.16. The fourth-order valence-corrected chi connectivity index (χ4v) is 2.16. The van der Waals surface area contributed by atoms with Gasteiger partial charge in [-0.25, -0.2) is 9.97 Å². The van der Waals surface area contributed by atoms with Crippen LogP contribution in [-0.2, 0) is 0 Å². The highest BCUT2D eigenvalue weighted by Gasteiger charge is 2.09. The number of nitrogens with zero attached hydrogens (tertiary/aromatic N) is 3. The summed E-state index contributed by atoms with van der Waals surface area (Å²) in [6.45, 7) is 0. The van der Waals surface area contributed by atoms with Crippen LogP contribution in [0.5, 0.6) is 0 Å². The molecule has 5 N–H and O–H groups in total. The number of anilines is 1. The highest BCUT2D eigenvalue weighted by Crippen LogP contribution is 2.22. The molecule has 0 fully saturated rings. The minimum Gasteiger partial charge on any atom is -0.404 e. The predicted molar refractivity (Wildman–Crippen MR) is 83.8 cm³/mol. The van der Waals surface area contributed by atoms with Gasteiger partial charge in [0.15, 0.2) is 0 Å². The molecule has 0 aromatic carbocycles. The standard InChI is InChI=1S/C15H14N6/c16-6-11(7-17)10-4-5-15-19-8-13(21(15)9-10)12-2-1-3-14(18)20-12/h1-9,16H,17H2,(H2,18,20)/b11-7+,16-6?. The van der Waals surface area contributed by atoms with E-state index in [1.54, 1.807) is 12.3 Å². The molecular weight excluding hydrogens is 264 g/mol. The molecule has 0 unspecified atom stereocenters. The summed E-state index contributed by atoms with van der Waals surface area (Å²) in [4.78, 5) is 8.66. The summed E-state index contributed by atoms with van der Waals surface area (Å²) >= 11 is 0. The molecule has 0 bridgehead atoms. The van der Waals surface area contributed by atoms with Gasteiger partial charge in [-0.2, -0.15) is 0 Å². The number of pyridine rings is 2. The van der Waals surface area contributed by atoms with Crippen molar-refractivity contribution in [3.63, 3.8) is 0 Å². The Morgan fingerprint density at radius 3 is 2.81 bits per heavy atom. The average molecular weight is 278 g/mol. The predicted octanol–water partition coefficient (Wildman–Crippen LogP) is 1.93. The molecule has 0 amide bonds. The summed E-state index contributed by atoms with van der Waals surface area (Å²) in [6, 6.07) is 9.22. The molecule has 0 aliphatic heterocycles. The molecule has 3 heterocycles. The van der Waals surface area contributed by atoms with E-state index < -0.39 is 0 Å². The molecule has 104 valence electrons. The molecule has 6 heteroatoms. The number of rotatable bonds is 3. The van der Waals surface area contributed by atoms with Crippen LogP contribution < -0.4 is 11.5 Å². The number of hydrogen-bond donors (Lipinski definition) is 3. The Labute approximate surface area is 121 Å². The van der Waals surface area contributed by atoms with Crippen LogP contribution in [0.3, 0.4) is 0 Å². The van der Waals surface area contributed by atoms with Gasteiger partial charge in [-0.1, -0.05) is 6.07 Å². The minimum atomic E-state index is 0.459. The Morgan fingerprint density at radius 2 is 2.10 bits per heavy atom. The van der Waals surface area contributed by atoms with Gasteiger partial charge < -0.3 is 16.9 Å². The van der Waals surface area contributed by atoms with Crippen LogP contribution in [0.4, 0.5) is 5.82 Å². The second kappa shape index (κ2) is 5.09. The van der Waals surface area contributed by atoms with Crippen LogP contribution in [0.2, 0.25) is 0 Å². The zero-order chi connectivity index (χ0) is 14.8. The highest BCUT2D eigenvalue weighted by atomic mass is 15.0. The Morgan fingerprint density at radius 1 is 1.24 bits per heavy atom. The molecule has 3 rings (SSSR count). The third-order valence-corrected chi connectivity index (χ3v) is 3.21. The van der Waals surface area contributed by atoms with Crippen molar-refractivity contribution in [2.45, 2.75) is 0 Å². The van der Waals surface area contributed by atoms with Crippen molar-refractivity contribution in [2.75, 3.05) is 5.73 Å². The quantitative estimate of drug-likeness (QED) is 0.636. The van der Waals surface area contributed by atoms with Crippen LogP contribution in [0.25, 0.3) is 22.6 Å². The lowest BCUT2D eigenvalue weighted by atomic mass is 10.1. The van der Waals surface area contributed by atoms with Crippen molar-refractivity contribution in [2.24, 2.45) is 5.73 Å². The van der Waals surface area contributed by atoms with Gasteiger partial charge in [-0.15, -0.1) is 0 Å². The average Bonchev–Trinajstić information content (AvgIpc) is 2.92. The molecule has 0 saturated carbocycles. The van der Waals surface area contributed by atoms with Crippen LogP contribution in [0.1, 0.15) is 5.56 Å². The first kappa shape index (κ1) is 12.9. The van der Waals surface area contributed by atoms with Gasteiger partial charge in [-0.3, -0.25) is 4.40 Å². The molecule has 0 atom stereocenters. The SMILES string of the molecule is N=C/C(=C\N)c1ccc2ncc(-c3cccc(N)n3)n2c1. The monoisotopic (exact) mass is 278 g/mol. The molecule has 0 saturated heterocycles. The van der Waals surface area contributed by atoms with E-state index in [1.165, 1.54) is 12.4 Å². The van der Waals surface area contributed by atoms with Crippen LogP contribution in [0.15, 0.2) is 48.9 Å². The van der Waals surface area contributed by atoms with Gasteiger partial charge in [0.25, 0.3) is 0 Å². The van der Waals surface area contributed by atoms with Gasteiger partial charge in [-0.05, 0) is 24.3 Å². The smallest absolute Gasteiger partial charge is 0.137 e. The lowest BCUT2D eigenvalue weighted by Crippen LogP contribution is -1.97. The van der Waals surface area contributed by atoms with Crippen molar-refractivity contribution in [3.8, 4) is 11.4 Å². The number of nitrogens with one attached hydrogen (secondary N) is 1. The molecule has 0 aliphatic carbocycles. The van der Waals surface area contributed by atoms with Crippen LogP contribution in [-0.4, -0.2) is 20.6 Å². The first-order valence-electron chi connectivity index (χ1n) is 6.35. The van der Waals surface area contributed by atoms with Gasteiger partial charge in [0.05, 0.1) is 17.6 Å². The normalized spacial score (nSPS) is 11.7. The van der Waals surface area contributed by atoms with E-state index in [9.17, 15) is 0 Å². The molecule has 3 aromatic heterocycles. The Balaban J connectivity index is 2.21. The van der Waals surface area contributed by atoms with E-state index in [-0.39, 0.29) is 0 Å². The van der Waals surface area contributed by atoms with Gasteiger partial charge in [0, 0.05) is 29.7 Å². The molecule has 6 nitrogen and oxygen atoms in total. The lowest BCUT2D eigenvalue weighted by Gasteiger charge is -2.05. The van der Waals surface area contributed by atoms with Crippen molar-refractivity contribution >= 4 is 23.3 Å². The number of aromatic nitrogens is 3. The van der Waals surface area contributed by atoms with Gasteiger partial charge in [0.1, 0.15) is 11.5 Å². The lowest BCUT2D eigenvalue weighted by molar-refractivity contribution is 1.16. The van der Waals surface area contributed by atoms with Gasteiger partial charge in [0.2, 0.25) is 0 Å². The number of allylic oxidation sites excluding steroid dienone is 1. The Hall–Kier alpha value is -3.15. The van der Waals surface area contributed by atoms with Gasteiger partial charge >= 0.3 is 0 Å². The largest absolute Gasteiger partial charge is 0.404 e. The van der Waals surface area contributed by atoms with E-state index in [1.807, 2.05) is 34.9 Å². The summed E-state index contributed by atoms with van der Waals surface area (Å²) in [5, 5.41) is 7.39. The molecule has 0 radical (unpaired) electrons. The first-order chi connectivity index (χ1) is 10.2. The maximum atomic E-state index is 7.39. The number of nitrogens with two attached hydrogens (primary N) is 2. The summed E-state index contributed by atoms with van der Waals surface area (Å²) in [6.07, 6.45) is 6.25. The maximum absolute atomic E-state index is 7.39. The van der Waals surface area contributed by atoms with E-state index in [0.29, 0.717) is 11.4 Å². The van der Waals surface area contributed by atoms with Crippen LogP contribution >= 0.6 is 0 Å². The van der Waals surface area contributed by atoms with E-state index in [4.69, 9.17) is 16.9 Å². The number of nitrogen functional groups attached to an aromatic ring is 1. The molecule has 3 aromatic rings. The fraction of sp³-hybridized carbons (Fsp3) is 0. The highest BCUT2D eigenvalue weighted by molar-refractivity contribution is 6.08. The zero-order valence-corrected chi connectivity index (χ0v) is 11.2. The maximum Gasteiger partial charge on any atom is 0.137 e. The van der Waals surface area contributed by atoms with E-state index >= 15 is 0 Å². The number of fused-ring (bicyclic) bond motifs is 1. The minimum absolute atomic E-state index is 0.459. The topological polar surface area (TPSA) is 106 Å².